The zero-order chi connectivity index (χ0) is 21.0. The van der Waals surface area contributed by atoms with Crippen molar-refractivity contribution in [3.63, 3.8) is 0 Å². The summed E-state index contributed by atoms with van der Waals surface area (Å²) in [7, 11) is 0. The molecule has 29 heavy (non-hydrogen) atoms. The molecule has 0 atom stereocenters. The number of carbonyl (C=O) groups is 1. The largest absolute Gasteiger partial charge is 0.457 e. The van der Waals surface area contributed by atoms with Gasteiger partial charge in [-0.15, -0.1) is 0 Å². The van der Waals surface area contributed by atoms with E-state index in [0.717, 1.165) is 6.07 Å². The normalized spacial score (nSPS) is 10.9. The van der Waals surface area contributed by atoms with Gasteiger partial charge in [0, 0.05) is 22.7 Å². The van der Waals surface area contributed by atoms with Crippen molar-refractivity contribution in [1.82, 2.24) is 5.32 Å². The van der Waals surface area contributed by atoms with E-state index in [1.165, 1.54) is 18.2 Å². The first-order valence-corrected chi connectivity index (χ1v) is 9.28. The minimum atomic E-state index is -0.832. The van der Waals surface area contributed by atoms with Gasteiger partial charge in [0.05, 0.1) is 10.7 Å². The Kier molecular flexibility index (Phi) is 6.64. The number of nitrogens with one attached hydrogen (secondary N) is 2. The maximum Gasteiger partial charge on any atom is 0.250 e. The molecule has 1 amide bonds. The zero-order valence-electron chi connectivity index (χ0n) is 14.5. The second-order valence-electron chi connectivity index (χ2n) is 5.73. The molecule has 148 valence electrons. The number of thiocarbonyl (C=S) groups is 1. The number of benzene rings is 2. The molecule has 0 aliphatic carbocycles. The molecule has 0 aliphatic rings. The molecule has 2 N–H and O–H groups in total. The van der Waals surface area contributed by atoms with Crippen LogP contribution in [0.1, 0.15) is 5.76 Å². The van der Waals surface area contributed by atoms with Crippen LogP contribution in [0.2, 0.25) is 10.0 Å². The summed E-state index contributed by atoms with van der Waals surface area (Å²) in [5, 5.41) is 5.63. The van der Waals surface area contributed by atoms with Gasteiger partial charge in [0.25, 0.3) is 0 Å². The Balaban J connectivity index is 1.60. The molecule has 9 heteroatoms. The van der Waals surface area contributed by atoms with Crippen LogP contribution in [-0.2, 0) is 4.79 Å². The van der Waals surface area contributed by atoms with Crippen LogP contribution in [0.25, 0.3) is 17.4 Å². The van der Waals surface area contributed by atoms with Gasteiger partial charge >= 0.3 is 0 Å². The summed E-state index contributed by atoms with van der Waals surface area (Å²) in [6, 6.07) is 11.3. The van der Waals surface area contributed by atoms with Crippen molar-refractivity contribution in [2.75, 3.05) is 5.32 Å². The molecule has 1 aromatic heterocycles. The standard InChI is InChI=1S/C20H12Cl2F2N2O2S/c21-11-1-5-14(15(22)9-11)18-7-3-13(28-18)4-8-19(27)26-20(29)25-17-6-2-12(23)10-16(17)24/h1-10H,(H2,25,26,27,29)/b8-4+. The molecule has 0 radical (unpaired) electrons. The molecule has 1 heterocycles. The number of hydrogen-bond acceptors (Lipinski definition) is 3. The van der Waals surface area contributed by atoms with Gasteiger partial charge in [-0.25, -0.2) is 8.78 Å². The first-order valence-electron chi connectivity index (χ1n) is 8.12. The second kappa shape index (κ2) is 9.17. The third-order valence-corrected chi connectivity index (χ3v) is 4.39. The van der Waals surface area contributed by atoms with E-state index in [1.807, 2.05) is 0 Å². The van der Waals surface area contributed by atoms with Gasteiger partial charge in [0.1, 0.15) is 23.2 Å². The van der Waals surface area contributed by atoms with Gasteiger partial charge in [-0.05, 0) is 60.8 Å². The van der Waals surface area contributed by atoms with Crippen LogP contribution in [0.4, 0.5) is 14.5 Å². The van der Waals surface area contributed by atoms with Crippen LogP contribution in [0.3, 0.4) is 0 Å². The van der Waals surface area contributed by atoms with Crippen molar-refractivity contribution in [2.24, 2.45) is 0 Å². The second-order valence-corrected chi connectivity index (χ2v) is 6.98. The summed E-state index contributed by atoms with van der Waals surface area (Å²) in [6.07, 6.45) is 2.63. The molecule has 0 aliphatic heterocycles. The number of hydrogen-bond donors (Lipinski definition) is 2. The van der Waals surface area contributed by atoms with Gasteiger partial charge in [-0.1, -0.05) is 23.2 Å². The van der Waals surface area contributed by atoms with E-state index >= 15 is 0 Å². The average Bonchev–Trinajstić information content (AvgIpc) is 3.11. The highest BCUT2D eigenvalue weighted by Crippen LogP contribution is 2.31. The molecule has 0 unspecified atom stereocenters. The Morgan fingerprint density at radius 1 is 1.07 bits per heavy atom. The maximum absolute atomic E-state index is 13.6. The first kappa shape index (κ1) is 21.0. The molecular weight excluding hydrogens is 441 g/mol. The fourth-order valence-corrected chi connectivity index (χ4v) is 3.04. The molecule has 4 nitrogen and oxygen atoms in total. The van der Waals surface area contributed by atoms with Gasteiger partial charge in [0.15, 0.2) is 5.11 Å². The molecule has 0 fully saturated rings. The van der Waals surface area contributed by atoms with Crippen LogP contribution < -0.4 is 10.6 Å². The minimum Gasteiger partial charge on any atom is -0.457 e. The number of carbonyl (C=O) groups excluding carboxylic acids is 1. The summed E-state index contributed by atoms with van der Waals surface area (Å²) in [6.45, 7) is 0. The summed E-state index contributed by atoms with van der Waals surface area (Å²) in [5.41, 5.74) is 0.600. The van der Waals surface area contributed by atoms with E-state index in [4.69, 9.17) is 39.8 Å². The average molecular weight is 453 g/mol. The summed E-state index contributed by atoms with van der Waals surface area (Å²) in [4.78, 5) is 12.0. The number of halogens is 4. The zero-order valence-corrected chi connectivity index (χ0v) is 16.8. The maximum atomic E-state index is 13.6. The van der Waals surface area contributed by atoms with E-state index in [0.29, 0.717) is 33.2 Å². The number of furan rings is 1. The third-order valence-electron chi connectivity index (χ3n) is 3.64. The highest BCUT2D eigenvalue weighted by Gasteiger charge is 2.09. The monoisotopic (exact) mass is 452 g/mol. The summed E-state index contributed by atoms with van der Waals surface area (Å²) >= 11 is 17.0. The highest BCUT2D eigenvalue weighted by molar-refractivity contribution is 7.80. The van der Waals surface area contributed by atoms with Crippen LogP contribution in [0.15, 0.2) is 59.0 Å². The Bertz CT molecular complexity index is 1120. The lowest BCUT2D eigenvalue weighted by Gasteiger charge is -2.08. The predicted octanol–water partition coefficient (Wildman–Crippen LogP) is 6.06. The number of rotatable bonds is 4. The molecule has 0 bridgehead atoms. The van der Waals surface area contributed by atoms with Crippen LogP contribution in [0.5, 0.6) is 0 Å². The Labute approximate surface area is 180 Å². The van der Waals surface area contributed by atoms with Crippen LogP contribution >= 0.6 is 35.4 Å². The van der Waals surface area contributed by atoms with E-state index in [2.05, 4.69) is 10.6 Å². The van der Waals surface area contributed by atoms with Gasteiger partial charge in [-0.2, -0.15) is 0 Å². The molecule has 0 spiro atoms. The SMILES string of the molecule is O=C(/C=C/c1ccc(-c2ccc(Cl)cc2Cl)o1)NC(=S)Nc1ccc(F)cc1F. The van der Waals surface area contributed by atoms with Crippen molar-refractivity contribution in [1.29, 1.82) is 0 Å². The topological polar surface area (TPSA) is 54.3 Å². The van der Waals surface area contributed by atoms with Crippen molar-refractivity contribution in [3.05, 3.63) is 82.0 Å². The Hall–Kier alpha value is -2.74. The summed E-state index contributed by atoms with van der Waals surface area (Å²) in [5.74, 6) is -1.20. The molecule has 3 rings (SSSR count). The fourth-order valence-electron chi connectivity index (χ4n) is 2.33. The predicted molar refractivity (Wildman–Crippen MR) is 114 cm³/mol. The van der Waals surface area contributed by atoms with Crippen molar-refractivity contribution < 1.29 is 18.0 Å². The molecule has 3 aromatic rings. The molecule has 0 saturated carbocycles. The van der Waals surface area contributed by atoms with Crippen molar-refractivity contribution in [2.45, 2.75) is 0 Å². The molecule has 0 saturated heterocycles. The van der Waals surface area contributed by atoms with E-state index in [-0.39, 0.29) is 10.8 Å². The smallest absolute Gasteiger partial charge is 0.250 e. The minimum absolute atomic E-state index is 0.0591. The van der Waals surface area contributed by atoms with Crippen LogP contribution in [-0.4, -0.2) is 11.0 Å². The lowest BCUT2D eigenvalue weighted by Crippen LogP contribution is -2.33. The first-order chi connectivity index (χ1) is 13.8. The Morgan fingerprint density at radius 2 is 1.86 bits per heavy atom. The van der Waals surface area contributed by atoms with E-state index in [1.54, 1.807) is 30.3 Å². The van der Waals surface area contributed by atoms with Gasteiger partial charge < -0.3 is 9.73 Å². The van der Waals surface area contributed by atoms with E-state index in [9.17, 15) is 13.6 Å². The molecular formula is C20H12Cl2F2N2O2S. The lowest BCUT2D eigenvalue weighted by atomic mass is 10.2. The van der Waals surface area contributed by atoms with Gasteiger partial charge in [-0.3, -0.25) is 10.1 Å². The fraction of sp³-hybridized carbons (Fsp3) is 0. The lowest BCUT2D eigenvalue weighted by molar-refractivity contribution is -0.115. The summed E-state index contributed by atoms with van der Waals surface area (Å²) < 4.78 is 32.1. The van der Waals surface area contributed by atoms with Crippen LogP contribution in [0, 0.1) is 11.6 Å². The highest BCUT2D eigenvalue weighted by atomic mass is 35.5. The van der Waals surface area contributed by atoms with Crippen molar-refractivity contribution in [3.8, 4) is 11.3 Å². The molecule has 2 aromatic carbocycles. The van der Waals surface area contributed by atoms with Gasteiger partial charge in [0.2, 0.25) is 5.91 Å². The Morgan fingerprint density at radius 3 is 2.59 bits per heavy atom. The van der Waals surface area contributed by atoms with Crippen molar-refractivity contribution >= 4 is 58.2 Å². The third kappa shape index (κ3) is 5.63. The van der Waals surface area contributed by atoms with E-state index < -0.39 is 17.5 Å². The number of amides is 1. The quantitative estimate of drug-likeness (QED) is 0.373. The number of anilines is 1.